The van der Waals surface area contributed by atoms with Gasteiger partial charge >= 0.3 is 0 Å². The van der Waals surface area contributed by atoms with Crippen molar-refractivity contribution < 1.29 is 4.21 Å². The summed E-state index contributed by atoms with van der Waals surface area (Å²) in [5.41, 5.74) is 2.87. The van der Waals surface area contributed by atoms with Gasteiger partial charge in [0, 0.05) is 34.9 Å². The number of rotatable bonds is 6. The SMILES string of the molecule is CC(CCS(C)=O)NC(C)c1ccc(C(C)(C)C)cc1. The van der Waals surface area contributed by atoms with Crippen LogP contribution in [0.2, 0.25) is 0 Å². The van der Waals surface area contributed by atoms with Crippen molar-refractivity contribution in [1.29, 1.82) is 0 Å². The molecule has 0 aromatic heterocycles. The summed E-state index contributed by atoms with van der Waals surface area (Å²) in [6.45, 7) is 11.0. The predicted molar refractivity (Wildman–Crippen MR) is 89.7 cm³/mol. The summed E-state index contributed by atoms with van der Waals surface area (Å²) in [4.78, 5) is 0. The van der Waals surface area contributed by atoms with Crippen LogP contribution >= 0.6 is 0 Å². The lowest BCUT2D eigenvalue weighted by Crippen LogP contribution is -2.30. The first-order valence-corrected chi connectivity index (χ1v) is 9.09. The quantitative estimate of drug-likeness (QED) is 0.865. The molecule has 114 valence electrons. The summed E-state index contributed by atoms with van der Waals surface area (Å²) in [6, 6.07) is 9.57. The highest BCUT2D eigenvalue weighted by atomic mass is 32.2. The Morgan fingerprint density at radius 2 is 1.70 bits per heavy atom. The van der Waals surface area contributed by atoms with Crippen LogP contribution in [-0.4, -0.2) is 22.3 Å². The van der Waals surface area contributed by atoms with Crippen molar-refractivity contribution in [2.45, 2.75) is 58.5 Å². The molecule has 0 aliphatic rings. The zero-order valence-corrected chi connectivity index (χ0v) is 14.5. The third-order valence-corrected chi connectivity index (χ3v) is 4.46. The molecule has 3 atom stereocenters. The molecule has 1 N–H and O–H groups in total. The Balaban J connectivity index is 2.59. The Morgan fingerprint density at radius 3 is 2.15 bits per heavy atom. The molecule has 0 radical (unpaired) electrons. The lowest BCUT2D eigenvalue weighted by atomic mass is 9.86. The van der Waals surface area contributed by atoms with Crippen LogP contribution in [0.25, 0.3) is 0 Å². The zero-order chi connectivity index (χ0) is 15.3. The van der Waals surface area contributed by atoms with Crippen LogP contribution in [0.15, 0.2) is 24.3 Å². The molecule has 0 aliphatic carbocycles. The Kier molecular flexibility index (Phi) is 6.41. The van der Waals surface area contributed by atoms with Crippen LogP contribution in [0.1, 0.15) is 58.2 Å². The highest BCUT2D eigenvalue weighted by molar-refractivity contribution is 7.84. The number of nitrogens with one attached hydrogen (secondary N) is 1. The van der Waals surface area contributed by atoms with Gasteiger partial charge in [-0.3, -0.25) is 4.21 Å². The highest BCUT2D eigenvalue weighted by Crippen LogP contribution is 2.24. The van der Waals surface area contributed by atoms with E-state index in [0.29, 0.717) is 12.1 Å². The van der Waals surface area contributed by atoms with Gasteiger partial charge < -0.3 is 5.32 Å². The maximum Gasteiger partial charge on any atom is 0.0294 e. The number of hydrogen-bond donors (Lipinski definition) is 1. The number of hydrogen-bond acceptors (Lipinski definition) is 2. The fourth-order valence-corrected chi connectivity index (χ4v) is 2.91. The molecule has 0 bridgehead atoms. The molecule has 0 saturated heterocycles. The lowest BCUT2D eigenvalue weighted by Gasteiger charge is -2.22. The highest BCUT2D eigenvalue weighted by Gasteiger charge is 2.14. The van der Waals surface area contributed by atoms with Crippen LogP contribution < -0.4 is 5.32 Å². The zero-order valence-electron chi connectivity index (χ0n) is 13.7. The lowest BCUT2D eigenvalue weighted by molar-refractivity contribution is 0.470. The average molecular weight is 295 g/mol. The van der Waals surface area contributed by atoms with Gasteiger partial charge in [0.25, 0.3) is 0 Å². The molecule has 0 spiro atoms. The Morgan fingerprint density at radius 1 is 1.15 bits per heavy atom. The van der Waals surface area contributed by atoms with Crippen LogP contribution in [0.5, 0.6) is 0 Å². The minimum absolute atomic E-state index is 0.202. The van der Waals surface area contributed by atoms with Gasteiger partial charge in [-0.1, -0.05) is 45.0 Å². The maximum absolute atomic E-state index is 11.1. The monoisotopic (exact) mass is 295 g/mol. The predicted octanol–water partition coefficient (Wildman–Crippen LogP) is 3.79. The second kappa shape index (κ2) is 7.37. The van der Waals surface area contributed by atoms with Crippen molar-refractivity contribution in [2.75, 3.05) is 12.0 Å². The van der Waals surface area contributed by atoms with E-state index in [2.05, 4.69) is 64.2 Å². The van der Waals surface area contributed by atoms with Gasteiger partial charge in [-0.2, -0.15) is 0 Å². The Labute approximate surface area is 126 Å². The van der Waals surface area contributed by atoms with Gasteiger partial charge in [0.1, 0.15) is 0 Å². The van der Waals surface area contributed by atoms with Gasteiger partial charge in [-0.15, -0.1) is 0 Å². The van der Waals surface area contributed by atoms with Gasteiger partial charge in [0.15, 0.2) is 0 Å². The van der Waals surface area contributed by atoms with Gasteiger partial charge in [0.05, 0.1) is 0 Å². The molecule has 0 heterocycles. The topological polar surface area (TPSA) is 29.1 Å². The summed E-state index contributed by atoms with van der Waals surface area (Å²) in [6.07, 6.45) is 2.72. The van der Waals surface area contributed by atoms with Crippen LogP contribution in [0.4, 0.5) is 0 Å². The first-order chi connectivity index (χ1) is 9.20. The van der Waals surface area contributed by atoms with Crippen LogP contribution in [0, 0.1) is 0 Å². The van der Waals surface area contributed by atoms with E-state index in [1.165, 1.54) is 11.1 Å². The fraction of sp³-hybridized carbons (Fsp3) is 0.647. The van der Waals surface area contributed by atoms with Gasteiger partial charge in [0.2, 0.25) is 0 Å². The van der Waals surface area contributed by atoms with E-state index in [4.69, 9.17) is 0 Å². The molecule has 0 saturated carbocycles. The molecule has 3 heteroatoms. The summed E-state index contributed by atoms with van der Waals surface area (Å²) < 4.78 is 11.1. The first kappa shape index (κ1) is 17.4. The second-order valence-corrected chi connectivity index (χ2v) is 8.28. The minimum Gasteiger partial charge on any atom is -0.308 e. The summed E-state index contributed by atoms with van der Waals surface area (Å²) in [5, 5.41) is 3.58. The Hall–Kier alpha value is -0.670. The van der Waals surface area contributed by atoms with E-state index < -0.39 is 10.8 Å². The Bertz CT molecular complexity index is 433. The smallest absolute Gasteiger partial charge is 0.0294 e. The normalized spacial score (nSPS) is 16.7. The van der Waals surface area contributed by atoms with Crippen molar-refractivity contribution in [3.05, 3.63) is 35.4 Å². The first-order valence-electron chi connectivity index (χ1n) is 7.36. The third kappa shape index (κ3) is 5.76. The largest absolute Gasteiger partial charge is 0.308 e. The standard InChI is InChI=1S/C17H29NOS/c1-13(11-12-20(6)19)18-14(2)15-7-9-16(10-8-15)17(3,4)5/h7-10,13-14,18H,11-12H2,1-6H3. The van der Waals surface area contributed by atoms with Gasteiger partial charge in [-0.05, 0) is 36.8 Å². The van der Waals surface area contributed by atoms with Crippen molar-refractivity contribution in [1.82, 2.24) is 5.32 Å². The van der Waals surface area contributed by atoms with E-state index in [9.17, 15) is 4.21 Å². The molecule has 0 fully saturated rings. The summed E-state index contributed by atoms with van der Waals surface area (Å²) in [7, 11) is -0.699. The third-order valence-electron chi connectivity index (χ3n) is 3.65. The van der Waals surface area contributed by atoms with Crippen molar-refractivity contribution in [2.24, 2.45) is 0 Å². The van der Waals surface area contributed by atoms with E-state index in [-0.39, 0.29) is 5.41 Å². The molecule has 3 unspecified atom stereocenters. The minimum atomic E-state index is -0.699. The molecule has 20 heavy (non-hydrogen) atoms. The fourth-order valence-electron chi connectivity index (χ4n) is 2.22. The molecular weight excluding hydrogens is 266 g/mol. The summed E-state index contributed by atoms with van der Waals surface area (Å²) in [5.74, 6) is 0.768. The second-order valence-electron chi connectivity index (χ2n) is 6.73. The number of benzene rings is 1. The van der Waals surface area contributed by atoms with Crippen molar-refractivity contribution in [3.8, 4) is 0 Å². The van der Waals surface area contributed by atoms with E-state index in [1.54, 1.807) is 6.26 Å². The van der Waals surface area contributed by atoms with E-state index in [0.717, 1.165) is 12.2 Å². The maximum atomic E-state index is 11.1. The molecule has 1 rings (SSSR count). The van der Waals surface area contributed by atoms with E-state index >= 15 is 0 Å². The molecule has 0 amide bonds. The van der Waals surface area contributed by atoms with Gasteiger partial charge in [-0.25, -0.2) is 0 Å². The molecule has 0 aliphatic heterocycles. The summed E-state index contributed by atoms with van der Waals surface area (Å²) >= 11 is 0. The van der Waals surface area contributed by atoms with Crippen molar-refractivity contribution in [3.63, 3.8) is 0 Å². The van der Waals surface area contributed by atoms with Crippen LogP contribution in [-0.2, 0) is 16.2 Å². The average Bonchev–Trinajstić information content (AvgIpc) is 2.35. The molecule has 2 nitrogen and oxygen atoms in total. The molecular formula is C17H29NOS. The molecule has 1 aromatic carbocycles. The van der Waals surface area contributed by atoms with E-state index in [1.807, 2.05) is 0 Å². The van der Waals surface area contributed by atoms with Crippen molar-refractivity contribution >= 4 is 10.8 Å². The molecule has 1 aromatic rings. The van der Waals surface area contributed by atoms with Crippen LogP contribution in [0.3, 0.4) is 0 Å².